The molecule has 140 valence electrons. The third kappa shape index (κ3) is 5.05. The van der Waals surface area contributed by atoms with Gasteiger partial charge in [0, 0.05) is 24.6 Å². The van der Waals surface area contributed by atoms with Crippen LogP contribution >= 0.6 is 11.8 Å². The lowest BCUT2D eigenvalue weighted by atomic mass is 10.1. The lowest BCUT2D eigenvalue weighted by Gasteiger charge is -2.10. The number of methoxy groups -OCH3 is 1. The molecule has 1 N–H and O–H groups in total. The summed E-state index contributed by atoms with van der Waals surface area (Å²) in [5.74, 6) is 0.951. The number of carbonyl (C=O) groups is 1. The molecule has 0 aliphatic rings. The van der Waals surface area contributed by atoms with E-state index < -0.39 is 0 Å². The molecule has 0 fully saturated rings. The van der Waals surface area contributed by atoms with Crippen LogP contribution in [0.4, 0.5) is 0 Å². The van der Waals surface area contributed by atoms with E-state index in [1.54, 1.807) is 7.11 Å². The maximum absolute atomic E-state index is 12.1. The van der Waals surface area contributed by atoms with Crippen molar-refractivity contribution in [2.75, 3.05) is 26.0 Å². The summed E-state index contributed by atoms with van der Waals surface area (Å²) >= 11 is 1.44. The van der Waals surface area contributed by atoms with E-state index in [0.717, 1.165) is 27.9 Å². The fourth-order valence-corrected chi connectivity index (χ4v) is 3.51. The molecule has 1 amide bonds. The van der Waals surface area contributed by atoms with Crippen molar-refractivity contribution in [2.24, 2.45) is 0 Å². The fraction of sp³-hybridized carbons (Fsp3) is 0.286. The number of aryl methyl sites for hydroxylation is 1. The van der Waals surface area contributed by atoms with Crippen LogP contribution in [-0.4, -0.2) is 41.9 Å². The van der Waals surface area contributed by atoms with Gasteiger partial charge in [0.15, 0.2) is 5.82 Å². The molecule has 0 saturated heterocycles. The maximum Gasteiger partial charge on any atom is 0.230 e. The first-order chi connectivity index (χ1) is 13.2. The molecule has 0 unspecified atom stereocenters. The summed E-state index contributed by atoms with van der Waals surface area (Å²) in [4.78, 5) is 21.6. The molecule has 3 rings (SSSR count). The van der Waals surface area contributed by atoms with Crippen molar-refractivity contribution in [3.05, 3.63) is 54.1 Å². The van der Waals surface area contributed by atoms with Crippen LogP contribution in [0.3, 0.4) is 0 Å². The van der Waals surface area contributed by atoms with Crippen molar-refractivity contribution < 1.29 is 9.53 Å². The molecule has 0 radical (unpaired) electrons. The van der Waals surface area contributed by atoms with Gasteiger partial charge < -0.3 is 10.1 Å². The minimum absolute atomic E-state index is 0.0308. The molecule has 0 aliphatic heterocycles. The van der Waals surface area contributed by atoms with Crippen LogP contribution in [0.15, 0.2) is 53.6 Å². The predicted molar refractivity (Wildman–Crippen MR) is 110 cm³/mol. The van der Waals surface area contributed by atoms with Crippen molar-refractivity contribution in [3.8, 4) is 11.4 Å². The minimum atomic E-state index is -0.0308. The second kappa shape index (κ2) is 9.48. The summed E-state index contributed by atoms with van der Waals surface area (Å²) in [5.41, 5.74) is 3.08. The number of ether oxygens (including phenoxy) is 1. The Bertz CT molecular complexity index is 916. The molecule has 1 aromatic heterocycles. The second-order valence-electron chi connectivity index (χ2n) is 6.05. The first kappa shape index (κ1) is 19.3. The van der Waals surface area contributed by atoms with E-state index in [1.165, 1.54) is 17.3 Å². The molecule has 6 heteroatoms. The number of hydrogen-bond acceptors (Lipinski definition) is 5. The van der Waals surface area contributed by atoms with Crippen LogP contribution in [-0.2, 0) is 16.0 Å². The number of aromatic nitrogens is 2. The van der Waals surface area contributed by atoms with Crippen LogP contribution in [0, 0.1) is 0 Å². The molecule has 27 heavy (non-hydrogen) atoms. The molecule has 0 aliphatic carbocycles. The Morgan fingerprint density at radius 3 is 2.70 bits per heavy atom. The van der Waals surface area contributed by atoms with E-state index >= 15 is 0 Å². The van der Waals surface area contributed by atoms with Crippen molar-refractivity contribution in [3.63, 3.8) is 0 Å². The van der Waals surface area contributed by atoms with E-state index in [2.05, 4.69) is 24.4 Å². The average Bonchev–Trinajstić information content (AvgIpc) is 2.72. The third-order valence-electron chi connectivity index (χ3n) is 4.13. The van der Waals surface area contributed by atoms with Crippen LogP contribution in [0.25, 0.3) is 22.3 Å². The van der Waals surface area contributed by atoms with Crippen molar-refractivity contribution in [2.45, 2.75) is 18.4 Å². The van der Waals surface area contributed by atoms with Crippen molar-refractivity contribution >= 4 is 28.6 Å². The summed E-state index contributed by atoms with van der Waals surface area (Å²) in [6.07, 6.45) is 0.942. The van der Waals surface area contributed by atoms with Gasteiger partial charge >= 0.3 is 0 Å². The summed E-state index contributed by atoms with van der Waals surface area (Å²) in [5, 5.41) is 4.66. The van der Waals surface area contributed by atoms with Gasteiger partial charge in [0.1, 0.15) is 5.03 Å². The number of carbonyl (C=O) groups excluding carboxylic acids is 1. The third-order valence-corrected chi connectivity index (χ3v) is 5.12. The van der Waals surface area contributed by atoms with E-state index in [1.807, 2.05) is 36.4 Å². The summed E-state index contributed by atoms with van der Waals surface area (Å²) < 4.78 is 4.96. The fourth-order valence-electron chi connectivity index (χ4n) is 2.67. The predicted octanol–water partition coefficient (Wildman–Crippen LogP) is 3.71. The first-order valence-corrected chi connectivity index (χ1v) is 9.94. The number of amides is 1. The van der Waals surface area contributed by atoms with Gasteiger partial charge in [-0.15, -0.1) is 0 Å². The molecule has 3 aromatic rings. The highest BCUT2D eigenvalue weighted by Crippen LogP contribution is 2.29. The van der Waals surface area contributed by atoms with Gasteiger partial charge in [0.05, 0.1) is 17.9 Å². The first-order valence-electron chi connectivity index (χ1n) is 8.95. The Morgan fingerprint density at radius 1 is 1.15 bits per heavy atom. The van der Waals surface area contributed by atoms with Gasteiger partial charge in [0.25, 0.3) is 0 Å². The molecule has 0 atom stereocenters. The Labute approximate surface area is 163 Å². The molecular formula is C21H23N3O2S. The largest absolute Gasteiger partial charge is 0.383 e. The lowest BCUT2D eigenvalue weighted by Crippen LogP contribution is -2.28. The molecule has 0 saturated carbocycles. The number of thioether (sulfide) groups is 1. The van der Waals surface area contributed by atoms with E-state index in [-0.39, 0.29) is 5.91 Å². The highest BCUT2D eigenvalue weighted by Gasteiger charge is 2.12. The maximum atomic E-state index is 12.1. The smallest absolute Gasteiger partial charge is 0.230 e. The van der Waals surface area contributed by atoms with Gasteiger partial charge in [-0.25, -0.2) is 9.97 Å². The van der Waals surface area contributed by atoms with E-state index in [0.29, 0.717) is 24.7 Å². The number of nitrogens with zero attached hydrogens (tertiary/aromatic N) is 2. The van der Waals surface area contributed by atoms with Gasteiger partial charge in [-0.2, -0.15) is 0 Å². The summed E-state index contributed by atoms with van der Waals surface area (Å²) in [6.45, 7) is 3.14. The zero-order valence-corrected chi connectivity index (χ0v) is 16.4. The molecule has 0 spiro atoms. The average molecular weight is 382 g/mol. The van der Waals surface area contributed by atoms with Gasteiger partial charge in [-0.3, -0.25) is 4.79 Å². The lowest BCUT2D eigenvalue weighted by molar-refractivity contribution is -0.118. The monoisotopic (exact) mass is 381 g/mol. The second-order valence-corrected chi connectivity index (χ2v) is 7.02. The number of benzene rings is 2. The molecule has 0 bridgehead atoms. The van der Waals surface area contributed by atoms with Crippen LogP contribution in [0.1, 0.15) is 12.5 Å². The standard InChI is InChI=1S/C21H23N3O2S/c1-3-15-9-10-18-17(13-15)21(27-14-19(25)22-11-12-26-2)24-20(23-18)16-7-5-4-6-8-16/h4-10,13H,3,11-12,14H2,1-2H3,(H,22,25). The normalized spacial score (nSPS) is 10.9. The summed E-state index contributed by atoms with van der Waals surface area (Å²) in [7, 11) is 1.62. The number of fused-ring (bicyclic) bond motifs is 1. The van der Waals surface area contributed by atoms with Gasteiger partial charge in [-0.1, -0.05) is 55.1 Å². The highest BCUT2D eigenvalue weighted by atomic mass is 32.2. The molecular weight excluding hydrogens is 358 g/mol. The Morgan fingerprint density at radius 2 is 1.96 bits per heavy atom. The van der Waals surface area contributed by atoms with Crippen molar-refractivity contribution in [1.82, 2.24) is 15.3 Å². The van der Waals surface area contributed by atoms with E-state index in [4.69, 9.17) is 14.7 Å². The Balaban J connectivity index is 1.91. The Kier molecular flexibility index (Phi) is 6.79. The SMILES string of the molecule is CCc1ccc2nc(-c3ccccc3)nc(SCC(=O)NCCOC)c2c1. The van der Waals surface area contributed by atoms with Crippen LogP contribution < -0.4 is 5.32 Å². The van der Waals surface area contributed by atoms with Crippen LogP contribution in [0.5, 0.6) is 0 Å². The zero-order valence-electron chi connectivity index (χ0n) is 15.6. The molecule has 1 heterocycles. The number of nitrogens with one attached hydrogen (secondary N) is 1. The van der Waals surface area contributed by atoms with Crippen LogP contribution in [0.2, 0.25) is 0 Å². The minimum Gasteiger partial charge on any atom is -0.383 e. The zero-order chi connectivity index (χ0) is 19.1. The molecule has 5 nitrogen and oxygen atoms in total. The highest BCUT2D eigenvalue weighted by molar-refractivity contribution is 8.00. The summed E-state index contributed by atoms with van der Waals surface area (Å²) in [6, 6.07) is 16.1. The Hall–Kier alpha value is -2.44. The molecule has 2 aromatic carbocycles. The van der Waals surface area contributed by atoms with E-state index in [9.17, 15) is 4.79 Å². The quantitative estimate of drug-likeness (QED) is 0.366. The van der Waals surface area contributed by atoms with Gasteiger partial charge in [0.2, 0.25) is 5.91 Å². The number of hydrogen-bond donors (Lipinski definition) is 1. The van der Waals surface area contributed by atoms with Crippen molar-refractivity contribution in [1.29, 1.82) is 0 Å². The topological polar surface area (TPSA) is 64.1 Å². The van der Waals surface area contributed by atoms with Gasteiger partial charge in [-0.05, 0) is 24.1 Å². The number of rotatable bonds is 8.